The molecule has 1 aliphatic heterocycles. The Morgan fingerprint density at radius 1 is 1.20 bits per heavy atom. The van der Waals surface area contributed by atoms with Crippen molar-refractivity contribution in [2.75, 3.05) is 0 Å². The lowest BCUT2D eigenvalue weighted by atomic mass is 10.0. The van der Waals surface area contributed by atoms with E-state index in [1.807, 2.05) is 0 Å². The summed E-state index contributed by atoms with van der Waals surface area (Å²) in [5.41, 5.74) is 0. The molecule has 1 aliphatic rings. The highest BCUT2D eigenvalue weighted by molar-refractivity contribution is 4.89. The fraction of sp³-hybridized carbons (Fsp3) is 0.833. The first kappa shape index (κ1) is 7.94. The summed E-state index contributed by atoms with van der Waals surface area (Å²) in [6.07, 6.45) is -3.65. The predicted octanol–water partition coefficient (Wildman–Crippen LogP) is -1.35. The van der Waals surface area contributed by atoms with Gasteiger partial charge >= 0.3 is 0 Å². The van der Waals surface area contributed by atoms with Crippen molar-refractivity contribution >= 4 is 0 Å². The van der Waals surface area contributed by atoms with Gasteiger partial charge in [-0.15, -0.1) is 0 Å². The highest BCUT2D eigenvalue weighted by atomic mass is 16.5. The Kier molecular flexibility index (Phi) is 2.25. The monoisotopic (exact) mass is 147 g/mol. The SMILES string of the molecule is C[C@H]1O[CH][C@H](O)[C@@H](O)[C@H]1O. The molecule has 0 aliphatic carbocycles. The van der Waals surface area contributed by atoms with Crippen LogP contribution in [0.5, 0.6) is 0 Å². The van der Waals surface area contributed by atoms with Crippen molar-refractivity contribution in [3.63, 3.8) is 0 Å². The van der Waals surface area contributed by atoms with Crippen LogP contribution in [0.1, 0.15) is 6.92 Å². The predicted molar refractivity (Wildman–Crippen MR) is 32.9 cm³/mol. The van der Waals surface area contributed by atoms with Crippen LogP contribution in [0.2, 0.25) is 0 Å². The molecule has 0 saturated carbocycles. The summed E-state index contributed by atoms with van der Waals surface area (Å²) in [5.74, 6) is 0. The summed E-state index contributed by atoms with van der Waals surface area (Å²) in [6, 6.07) is 0. The molecule has 4 heteroatoms. The van der Waals surface area contributed by atoms with E-state index in [4.69, 9.17) is 20.1 Å². The normalized spacial score (nSPS) is 49.2. The summed E-state index contributed by atoms with van der Waals surface area (Å²) >= 11 is 0. The Morgan fingerprint density at radius 3 is 2.30 bits per heavy atom. The van der Waals surface area contributed by atoms with E-state index in [0.717, 1.165) is 6.61 Å². The molecule has 10 heavy (non-hydrogen) atoms. The van der Waals surface area contributed by atoms with Crippen molar-refractivity contribution in [3.05, 3.63) is 6.61 Å². The van der Waals surface area contributed by atoms with E-state index in [0.29, 0.717) is 0 Å². The van der Waals surface area contributed by atoms with Crippen LogP contribution in [0.4, 0.5) is 0 Å². The van der Waals surface area contributed by atoms with Crippen LogP contribution >= 0.6 is 0 Å². The van der Waals surface area contributed by atoms with Gasteiger partial charge in [0.15, 0.2) is 0 Å². The third kappa shape index (κ3) is 1.29. The summed E-state index contributed by atoms with van der Waals surface area (Å²) < 4.78 is 4.79. The van der Waals surface area contributed by atoms with Crippen molar-refractivity contribution in [2.45, 2.75) is 31.3 Å². The quantitative estimate of drug-likeness (QED) is 0.396. The first-order chi connectivity index (χ1) is 4.63. The largest absolute Gasteiger partial charge is 0.388 e. The summed E-state index contributed by atoms with van der Waals surface area (Å²) in [7, 11) is 0. The zero-order valence-electron chi connectivity index (χ0n) is 5.64. The fourth-order valence-corrected chi connectivity index (χ4v) is 0.845. The number of hydrogen-bond donors (Lipinski definition) is 3. The smallest absolute Gasteiger partial charge is 0.115 e. The van der Waals surface area contributed by atoms with E-state index in [-0.39, 0.29) is 0 Å². The van der Waals surface area contributed by atoms with E-state index in [1.54, 1.807) is 6.92 Å². The second kappa shape index (κ2) is 2.84. The highest BCUT2D eigenvalue weighted by Crippen LogP contribution is 2.17. The molecule has 4 nitrogen and oxygen atoms in total. The van der Waals surface area contributed by atoms with Gasteiger partial charge in [0.25, 0.3) is 0 Å². The maximum absolute atomic E-state index is 9.06. The Bertz CT molecular complexity index is 102. The van der Waals surface area contributed by atoms with Gasteiger partial charge in [-0.05, 0) is 6.92 Å². The van der Waals surface area contributed by atoms with Gasteiger partial charge in [-0.1, -0.05) is 0 Å². The lowest BCUT2D eigenvalue weighted by Crippen LogP contribution is -2.49. The minimum Gasteiger partial charge on any atom is -0.388 e. The van der Waals surface area contributed by atoms with E-state index < -0.39 is 24.4 Å². The van der Waals surface area contributed by atoms with E-state index in [9.17, 15) is 0 Å². The van der Waals surface area contributed by atoms with Crippen molar-refractivity contribution in [1.29, 1.82) is 0 Å². The lowest BCUT2D eigenvalue weighted by molar-refractivity contribution is -0.155. The first-order valence-electron chi connectivity index (χ1n) is 3.16. The maximum Gasteiger partial charge on any atom is 0.115 e. The number of aliphatic hydroxyl groups is 3. The highest BCUT2D eigenvalue weighted by Gasteiger charge is 2.35. The Morgan fingerprint density at radius 2 is 1.80 bits per heavy atom. The van der Waals surface area contributed by atoms with Crippen LogP contribution in [0.25, 0.3) is 0 Å². The van der Waals surface area contributed by atoms with Crippen molar-refractivity contribution in [2.24, 2.45) is 0 Å². The minimum atomic E-state index is -1.12. The number of ether oxygens (including phenoxy) is 1. The lowest BCUT2D eigenvalue weighted by Gasteiger charge is -2.32. The molecular weight excluding hydrogens is 136 g/mol. The van der Waals surface area contributed by atoms with Gasteiger partial charge in [0.1, 0.15) is 24.9 Å². The minimum absolute atomic E-state index is 0.446. The zero-order chi connectivity index (χ0) is 7.72. The standard InChI is InChI=1S/C6H11O4/c1-3-5(8)6(9)4(7)2-10-3/h2-9H,1H3/t3-,4+,5+,6-/m1/s1. The van der Waals surface area contributed by atoms with Crippen molar-refractivity contribution in [3.8, 4) is 0 Å². The molecule has 0 aromatic rings. The third-order valence-electron chi connectivity index (χ3n) is 1.61. The Hall–Kier alpha value is -0.160. The number of aliphatic hydroxyl groups excluding tert-OH is 3. The van der Waals surface area contributed by atoms with E-state index >= 15 is 0 Å². The average molecular weight is 147 g/mol. The molecule has 1 saturated heterocycles. The molecule has 0 aromatic heterocycles. The second-order valence-corrected chi connectivity index (χ2v) is 2.45. The molecule has 0 amide bonds. The Balaban J connectivity index is 2.52. The van der Waals surface area contributed by atoms with E-state index in [1.165, 1.54) is 0 Å². The molecule has 0 spiro atoms. The Labute approximate surface area is 59.1 Å². The summed E-state index contributed by atoms with van der Waals surface area (Å²) in [4.78, 5) is 0. The van der Waals surface area contributed by atoms with Gasteiger partial charge < -0.3 is 20.1 Å². The molecular formula is C6H11O4. The van der Waals surface area contributed by atoms with Crippen LogP contribution in [0, 0.1) is 6.61 Å². The molecule has 0 unspecified atom stereocenters. The topological polar surface area (TPSA) is 69.9 Å². The molecule has 0 bridgehead atoms. The second-order valence-electron chi connectivity index (χ2n) is 2.45. The molecule has 1 heterocycles. The average Bonchev–Trinajstić information content (AvgIpc) is 1.93. The van der Waals surface area contributed by atoms with Gasteiger partial charge in [-0.2, -0.15) is 0 Å². The van der Waals surface area contributed by atoms with Crippen LogP contribution in [-0.4, -0.2) is 39.7 Å². The molecule has 1 fully saturated rings. The molecule has 1 rings (SSSR count). The van der Waals surface area contributed by atoms with E-state index in [2.05, 4.69) is 0 Å². The van der Waals surface area contributed by atoms with Gasteiger partial charge in [0.05, 0.1) is 6.10 Å². The molecule has 59 valence electrons. The fourth-order valence-electron chi connectivity index (χ4n) is 0.845. The van der Waals surface area contributed by atoms with Crippen molar-refractivity contribution < 1.29 is 20.1 Å². The number of hydrogen-bond acceptors (Lipinski definition) is 4. The molecule has 3 N–H and O–H groups in total. The first-order valence-corrected chi connectivity index (χ1v) is 3.16. The summed E-state index contributed by atoms with van der Waals surface area (Å²) in [6.45, 7) is 2.75. The van der Waals surface area contributed by atoms with Crippen LogP contribution in [0.3, 0.4) is 0 Å². The number of rotatable bonds is 0. The van der Waals surface area contributed by atoms with Gasteiger partial charge in [-0.3, -0.25) is 0 Å². The van der Waals surface area contributed by atoms with Crippen LogP contribution in [0.15, 0.2) is 0 Å². The third-order valence-corrected chi connectivity index (χ3v) is 1.61. The summed E-state index contributed by atoms with van der Waals surface area (Å²) in [5, 5.41) is 26.9. The molecule has 0 aromatic carbocycles. The molecule has 1 radical (unpaired) electrons. The van der Waals surface area contributed by atoms with Gasteiger partial charge in [0.2, 0.25) is 0 Å². The molecule has 4 atom stereocenters. The zero-order valence-corrected chi connectivity index (χ0v) is 5.64. The van der Waals surface area contributed by atoms with Crippen LogP contribution in [-0.2, 0) is 4.74 Å². The maximum atomic E-state index is 9.06. The van der Waals surface area contributed by atoms with Gasteiger partial charge in [0, 0.05) is 0 Å². The van der Waals surface area contributed by atoms with Crippen molar-refractivity contribution in [1.82, 2.24) is 0 Å². The van der Waals surface area contributed by atoms with Crippen LogP contribution < -0.4 is 0 Å². The van der Waals surface area contributed by atoms with Gasteiger partial charge in [-0.25, -0.2) is 0 Å².